The second-order valence-corrected chi connectivity index (χ2v) is 11.3. The molecule has 2 heterocycles. The molecule has 3 aliphatic rings. The summed E-state index contributed by atoms with van der Waals surface area (Å²) in [5, 5.41) is 15.6. The van der Waals surface area contributed by atoms with Gasteiger partial charge in [-0.2, -0.15) is 0 Å². The van der Waals surface area contributed by atoms with Crippen LogP contribution in [0.4, 0.5) is 11.4 Å². The molecule has 0 amide bonds. The Hall–Kier alpha value is -3.44. The summed E-state index contributed by atoms with van der Waals surface area (Å²) in [4.78, 5) is 9.06. The lowest BCUT2D eigenvalue weighted by molar-refractivity contribution is 0.0761. The minimum absolute atomic E-state index is 0.0114. The summed E-state index contributed by atoms with van der Waals surface area (Å²) in [6.07, 6.45) is 16.1. The topological polar surface area (TPSA) is 66.7 Å². The Kier molecular flexibility index (Phi) is 7.03. The first-order valence-corrected chi connectivity index (χ1v) is 14.0. The van der Waals surface area contributed by atoms with Crippen LogP contribution in [0.3, 0.4) is 0 Å². The van der Waals surface area contributed by atoms with Gasteiger partial charge in [0.25, 0.3) is 0 Å². The lowest BCUT2D eigenvalue weighted by atomic mass is 9.79. The summed E-state index contributed by atoms with van der Waals surface area (Å²) in [5.74, 6) is 2.44. The van der Waals surface area contributed by atoms with E-state index in [1.54, 1.807) is 0 Å². The Morgan fingerprint density at radius 1 is 1.03 bits per heavy atom. The Balaban J connectivity index is 1.16. The summed E-state index contributed by atoms with van der Waals surface area (Å²) >= 11 is 0. The van der Waals surface area contributed by atoms with Gasteiger partial charge < -0.3 is 15.2 Å². The van der Waals surface area contributed by atoms with Crippen molar-refractivity contribution in [1.82, 2.24) is 4.98 Å². The van der Waals surface area contributed by atoms with E-state index in [1.807, 2.05) is 24.5 Å². The molecule has 3 aromatic rings. The number of aliphatic imine (C=N–C) groups is 1. The lowest BCUT2D eigenvalue weighted by Crippen LogP contribution is -2.26. The average Bonchev–Trinajstić information content (AvgIpc) is 3.39. The van der Waals surface area contributed by atoms with E-state index in [-0.39, 0.29) is 12.2 Å². The van der Waals surface area contributed by atoms with Crippen LogP contribution in [0.5, 0.6) is 5.75 Å². The summed E-state index contributed by atoms with van der Waals surface area (Å²) in [6, 6.07) is 14.6. The fraction of sp³-hybridized carbons (Fsp3) is 0.394. The van der Waals surface area contributed by atoms with Gasteiger partial charge in [-0.05, 0) is 91.6 Å². The van der Waals surface area contributed by atoms with Crippen molar-refractivity contribution in [2.75, 3.05) is 5.32 Å². The number of pyridine rings is 1. The maximum absolute atomic E-state index is 11.0. The van der Waals surface area contributed by atoms with Crippen molar-refractivity contribution in [3.63, 3.8) is 0 Å². The first kappa shape index (κ1) is 24.9. The van der Waals surface area contributed by atoms with E-state index in [9.17, 15) is 5.11 Å². The van der Waals surface area contributed by atoms with Crippen molar-refractivity contribution >= 4 is 28.0 Å². The van der Waals surface area contributed by atoms with E-state index >= 15 is 0 Å². The lowest BCUT2D eigenvalue weighted by Gasteiger charge is -2.30. The van der Waals surface area contributed by atoms with Gasteiger partial charge in [-0.3, -0.25) is 9.98 Å². The number of aromatic nitrogens is 1. The number of aryl methyl sites for hydroxylation is 1. The fourth-order valence-electron chi connectivity index (χ4n) is 6.08. The second kappa shape index (κ2) is 10.7. The first-order valence-electron chi connectivity index (χ1n) is 14.0. The average molecular weight is 508 g/mol. The molecule has 1 saturated carbocycles. The molecule has 0 radical (unpaired) electrons. The number of rotatable bonds is 7. The van der Waals surface area contributed by atoms with E-state index in [0.29, 0.717) is 18.3 Å². The summed E-state index contributed by atoms with van der Waals surface area (Å²) in [6.45, 7) is 4.40. The van der Waals surface area contributed by atoms with Gasteiger partial charge in [0.1, 0.15) is 11.9 Å². The van der Waals surface area contributed by atoms with Crippen molar-refractivity contribution in [2.24, 2.45) is 22.7 Å². The first-order chi connectivity index (χ1) is 18.5. The zero-order valence-corrected chi connectivity index (χ0v) is 22.3. The number of benzene rings is 2. The predicted octanol–water partition coefficient (Wildman–Crippen LogP) is 7.31. The molecule has 196 valence electrons. The van der Waals surface area contributed by atoms with E-state index in [1.165, 1.54) is 18.6 Å². The molecular weight excluding hydrogens is 470 g/mol. The third-order valence-corrected chi connectivity index (χ3v) is 8.45. The van der Waals surface area contributed by atoms with Crippen LogP contribution in [0.25, 0.3) is 10.9 Å². The zero-order chi connectivity index (χ0) is 26.1. The number of anilines is 2. The summed E-state index contributed by atoms with van der Waals surface area (Å²) < 4.78 is 6.32. The summed E-state index contributed by atoms with van der Waals surface area (Å²) in [5.41, 5.74) is 6.39. The van der Waals surface area contributed by atoms with Crippen molar-refractivity contribution in [3.8, 4) is 5.75 Å². The minimum atomic E-state index is -0.287. The maximum atomic E-state index is 11.0. The molecule has 3 unspecified atom stereocenters. The molecule has 2 aliphatic carbocycles. The molecule has 1 fully saturated rings. The van der Waals surface area contributed by atoms with Gasteiger partial charge in [-0.15, -0.1) is 0 Å². The molecular formula is C33H37N3O2. The van der Waals surface area contributed by atoms with Gasteiger partial charge >= 0.3 is 0 Å². The SMILES string of the molecule is Cc1cc(Nc2ccnc3ccc(CC(O)C4CCC(C)CC4)cc23)ccc1OC1C=CC2C=CN=C2C1. The van der Waals surface area contributed by atoms with Gasteiger partial charge in [0.2, 0.25) is 0 Å². The number of nitrogens with one attached hydrogen (secondary N) is 1. The molecule has 0 bridgehead atoms. The third-order valence-electron chi connectivity index (χ3n) is 8.45. The van der Waals surface area contributed by atoms with Crippen LogP contribution in [0.2, 0.25) is 0 Å². The van der Waals surface area contributed by atoms with E-state index in [2.05, 4.69) is 77.7 Å². The Bertz CT molecular complexity index is 1400. The molecule has 38 heavy (non-hydrogen) atoms. The normalized spacial score (nSPS) is 25.2. The molecule has 1 aromatic heterocycles. The van der Waals surface area contributed by atoms with Crippen LogP contribution < -0.4 is 10.1 Å². The van der Waals surface area contributed by atoms with Crippen LogP contribution in [-0.2, 0) is 6.42 Å². The van der Waals surface area contributed by atoms with Crippen molar-refractivity contribution in [1.29, 1.82) is 0 Å². The van der Waals surface area contributed by atoms with Crippen LogP contribution in [-0.4, -0.2) is 28.0 Å². The molecule has 6 rings (SSSR count). The molecule has 2 N–H and O–H groups in total. The largest absolute Gasteiger partial charge is 0.486 e. The number of allylic oxidation sites excluding steroid dienone is 2. The fourth-order valence-corrected chi connectivity index (χ4v) is 6.08. The molecule has 3 atom stereocenters. The van der Waals surface area contributed by atoms with Crippen molar-refractivity contribution in [2.45, 2.75) is 64.6 Å². The van der Waals surface area contributed by atoms with E-state index in [4.69, 9.17) is 4.74 Å². The van der Waals surface area contributed by atoms with Gasteiger partial charge in [0.05, 0.1) is 11.6 Å². The maximum Gasteiger partial charge on any atom is 0.123 e. The van der Waals surface area contributed by atoms with Crippen LogP contribution >= 0.6 is 0 Å². The highest BCUT2D eigenvalue weighted by Crippen LogP contribution is 2.33. The number of hydrogen-bond acceptors (Lipinski definition) is 5. The predicted molar refractivity (Wildman–Crippen MR) is 155 cm³/mol. The number of fused-ring (bicyclic) bond motifs is 2. The molecule has 5 heteroatoms. The molecule has 2 aromatic carbocycles. The van der Waals surface area contributed by atoms with Crippen LogP contribution in [0, 0.1) is 24.7 Å². The number of ether oxygens (including phenoxy) is 1. The Labute approximate surface area is 225 Å². The monoisotopic (exact) mass is 507 g/mol. The number of aliphatic hydroxyl groups excluding tert-OH is 1. The molecule has 0 spiro atoms. The Morgan fingerprint density at radius 3 is 2.74 bits per heavy atom. The Morgan fingerprint density at radius 2 is 1.89 bits per heavy atom. The highest BCUT2D eigenvalue weighted by molar-refractivity contribution is 5.94. The molecule has 0 saturated heterocycles. The highest BCUT2D eigenvalue weighted by atomic mass is 16.5. The van der Waals surface area contributed by atoms with Crippen molar-refractivity contribution in [3.05, 3.63) is 84.2 Å². The van der Waals surface area contributed by atoms with Crippen molar-refractivity contribution < 1.29 is 9.84 Å². The quantitative estimate of drug-likeness (QED) is 0.329. The minimum Gasteiger partial charge on any atom is -0.486 e. The molecule has 5 nitrogen and oxygen atoms in total. The molecule has 1 aliphatic heterocycles. The van der Waals surface area contributed by atoms with Gasteiger partial charge in [0, 0.05) is 47.2 Å². The van der Waals surface area contributed by atoms with Crippen LogP contribution in [0.1, 0.15) is 50.2 Å². The van der Waals surface area contributed by atoms with E-state index in [0.717, 1.165) is 64.3 Å². The summed E-state index contributed by atoms with van der Waals surface area (Å²) in [7, 11) is 0. The zero-order valence-electron chi connectivity index (χ0n) is 22.3. The number of hydrogen-bond donors (Lipinski definition) is 2. The second-order valence-electron chi connectivity index (χ2n) is 11.3. The highest BCUT2D eigenvalue weighted by Gasteiger charge is 2.25. The van der Waals surface area contributed by atoms with Gasteiger partial charge in [0.15, 0.2) is 0 Å². The van der Waals surface area contributed by atoms with E-state index < -0.39 is 0 Å². The standard InChI is InChI=1S/C33H37N3O2/c1-21-3-6-25(7-4-21)32(37)19-23-5-11-29-28(18-23)30(14-16-34-29)36-26-9-12-33(22(2)17-26)38-27-10-8-24-13-15-35-31(24)20-27/h5,8-18,21,24-25,27,32,37H,3-4,6-7,19-20H2,1-2H3,(H,34,36). The number of nitrogens with zero attached hydrogens (tertiary/aromatic N) is 2. The smallest absolute Gasteiger partial charge is 0.123 e. The van der Waals surface area contributed by atoms with Crippen LogP contribution in [0.15, 0.2) is 78.1 Å². The third kappa shape index (κ3) is 5.39. The number of aliphatic hydroxyl groups is 1. The van der Waals surface area contributed by atoms with Gasteiger partial charge in [-0.1, -0.05) is 38.0 Å². The van der Waals surface area contributed by atoms with Gasteiger partial charge in [-0.25, -0.2) is 0 Å².